The molecule has 10 heteroatoms. The van der Waals surface area contributed by atoms with Gasteiger partial charge in [-0.15, -0.1) is 0 Å². The minimum absolute atomic E-state index is 0.0330. The van der Waals surface area contributed by atoms with Crippen LogP contribution in [0.15, 0.2) is 0 Å². The van der Waals surface area contributed by atoms with Gasteiger partial charge >= 0.3 is 29.8 Å². The summed E-state index contributed by atoms with van der Waals surface area (Å²) in [6.07, 6.45) is 3.29. The van der Waals surface area contributed by atoms with Crippen molar-refractivity contribution in [1.82, 2.24) is 0 Å². The minimum Gasteiger partial charge on any atom is -0.481 e. The van der Waals surface area contributed by atoms with Crippen molar-refractivity contribution >= 4 is 29.8 Å². The van der Waals surface area contributed by atoms with E-state index in [1.807, 2.05) is 6.92 Å². The van der Waals surface area contributed by atoms with E-state index in [9.17, 15) is 34.2 Å². The fourth-order valence-electron chi connectivity index (χ4n) is 2.64. The molecule has 0 heterocycles. The molecular weight excluding hydrogens is 364 g/mol. The maximum Gasteiger partial charge on any atom is 0.310 e. The first-order chi connectivity index (χ1) is 12.6. The van der Waals surface area contributed by atoms with Gasteiger partial charge < -0.3 is 25.2 Å². The van der Waals surface area contributed by atoms with Gasteiger partial charge in [-0.2, -0.15) is 0 Å². The maximum absolute atomic E-state index is 11.7. The molecule has 0 saturated heterocycles. The van der Waals surface area contributed by atoms with Crippen molar-refractivity contribution in [2.75, 3.05) is 6.61 Å². The Kier molecular flexibility index (Phi) is 11.4. The van der Waals surface area contributed by atoms with E-state index in [0.717, 1.165) is 25.7 Å². The lowest BCUT2D eigenvalue weighted by atomic mass is 9.80. The van der Waals surface area contributed by atoms with Crippen LogP contribution in [-0.4, -0.2) is 56.9 Å². The number of carboxylic acid groups (broad SMARTS) is 4. The molecule has 0 aromatic carbocycles. The molecule has 0 aromatic heterocycles. The quantitative estimate of drug-likeness (QED) is 0.236. The van der Waals surface area contributed by atoms with E-state index in [-0.39, 0.29) is 6.42 Å². The Morgan fingerprint density at radius 1 is 0.778 bits per heavy atom. The molecule has 0 aliphatic rings. The molecule has 0 amide bonds. The summed E-state index contributed by atoms with van der Waals surface area (Å²) >= 11 is 0. The second-order valence-corrected chi connectivity index (χ2v) is 6.20. The van der Waals surface area contributed by atoms with E-state index in [2.05, 4.69) is 0 Å². The predicted molar refractivity (Wildman–Crippen MR) is 90.0 cm³/mol. The predicted octanol–water partition coefficient (Wildman–Crippen LogP) is 1.47. The Morgan fingerprint density at radius 3 is 1.78 bits per heavy atom. The van der Waals surface area contributed by atoms with Crippen molar-refractivity contribution in [3.05, 3.63) is 0 Å². The zero-order chi connectivity index (χ0) is 21.0. The van der Waals surface area contributed by atoms with E-state index in [1.54, 1.807) is 0 Å². The fraction of sp³-hybridized carbons (Fsp3) is 0.706. The zero-order valence-electron chi connectivity index (χ0n) is 15.1. The smallest absolute Gasteiger partial charge is 0.310 e. The molecule has 0 aliphatic carbocycles. The van der Waals surface area contributed by atoms with Crippen molar-refractivity contribution in [2.45, 2.75) is 51.9 Å². The molecular formula is C17H26O10. The second-order valence-electron chi connectivity index (χ2n) is 6.20. The van der Waals surface area contributed by atoms with Gasteiger partial charge in [-0.25, -0.2) is 0 Å². The molecule has 3 atom stereocenters. The van der Waals surface area contributed by atoms with E-state index in [4.69, 9.17) is 14.9 Å². The lowest BCUT2D eigenvalue weighted by Crippen LogP contribution is -2.42. The Labute approximate surface area is 156 Å². The molecule has 10 nitrogen and oxygen atoms in total. The third-order valence-corrected chi connectivity index (χ3v) is 4.09. The largest absolute Gasteiger partial charge is 0.481 e. The van der Waals surface area contributed by atoms with Gasteiger partial charge in [-0.1, -0.05) is 32.6 Å². The highest BCUT2D eigenvalue weighted by atomic mass is 16.5. The van der Waals surface area contributed by atoms with Crippen LogP contribution in [-0.2, 0) is 28.7 Å². The van der Waals surface area contributed by atoms with Crippen LogP contribution in [0.4, 0.5) is 0 Å². The topological polar surface area (TPSA) is 176 Å². The standard InChI is InChI=1S/C17H26O10/c1-2-3-4-5-6-7-13(20)27-9-11(16(23)24)14(17(25)26)10(15(21)22)8-12(18)19/h10-11,14H,2-9H2,1H3,(H,18,19)(H,21,22)(H,23,24)(H,25,26). The summed E-state index contributed by atoms with van der Waals surface area (Å²) in [4.78, 5) is 56.6. The van der Waals surface area contributed by atoms with Crippen molar-refractivity contribution < 1.29 is 49.1 Å². The number of hydrogen-bond donors (Lipinski definition) is 4. The molecule has 0 aliphatic heterocycles. The molecule has 3 unspecified atom stereocenters. The normalized spacial score (nSPS) is 14.0. The molecule has 4 N–H and O–H groups in total. The van der Waals surface area contributed by atoms with Crippen molar-refractivity contribution in [3.8, 4) is 0 Å². The number of unbranched alkanes of at least 4 members (excludes halogenated alkanes) is 4. The van der Waals surface area contributed by atoms with Gasteiger partial charge in [0.05, 0.1) is 18.3 Å². The lowest BCUT2D eigenvalue weighted by molar-refractivity contribution is -0.168. The van der Waals surface area contributed by atoms with E-state index < -0.39 is 60.6 Å². The number of esters is 1. The van der Waals surface area contributed by atoms with Crippen LogP contribution in [0.25, 0.3) is 0 Å². The van der Waals surface area contributed by atoms with Gasteiger partial charge in [-0.05, 0) is 6.42 Å². The van der Waals surface area contributed by atoms with Crippen molar-refractivity contribution in [2.24, 2.45) is 17.8 Å². The Morgan fingerprint density at radius 2 is 1.33 bits per heavy atom. The van der Waals surface area contributed by atoms with Crippen LogP contribution in [0.2, 0.25) is 0 Å². The molecule has 0 radical (unpaired) electrons. The first-order valence-electron chi connectivity index (χ1n) is 8.67. The van der Waals surface area contributed by atoms with Gasteiger partial charge in [-0.3, -0.25) is 24.0 Å². The van der Waals surface area contributed by atoms with Crippen LogP contribution in [0.5, 0.6) is 0 Å². The SMILES string of the molecule is CCCCCCCC(=O)OCC(C(=O)O)C(C(=O)O)C(CC(=O)O)C(=O)O. The first-order valence-corrected chi connectivity index (χ1v) is 8.67. The fourth-order valence-corrected chi connectivity index (χ4v) is 2.64. The summed E-state index contributed by atoms with van der Waals surface area (Å²) in [6.45, 7) is 1.19. The summed E-state index contributed by atoms with van der Waals surface area (Å²) < 4.78 is 4.81. The van der Waals surface area contributed by atoms with Crippen LogP contribution in [0, 0.1) is 17.8 Å². The third kappa shape index (κ3) is 9.57. The van der Waals surface area contributed by atoms with Gasteiger partial charge in [0.15, 0.2) is 0 Å². The Hall–Kier alpha value is -2.65. The van der Waals surface area contributed by atoms with Crippen LogP contribution >= 0.6 is 0 Å². The average Bonchev–Trinajstić information content (AvgIpc) is 2.55. The van der Waals surface area contributed by atoms with Gasteiger partial charge in [0.1, 0.15) is 12.5 Å². The number of carboxylic acids is 4. The highest BCUT2D eigenvalue weighted by Gasteiger charge is 2.44. The van der Waals surface area contributed by atoms with Gasteiger partial charge in [0.25, 0.3) is 0 Å². The van der Waals surface area contributed by atoms with Gasteiger partial charge in [0, 0.05) is 6.42 Å². The summed E-state index contributed by atoms with van der Waals surface area (Å²) in [5, 5.41) is 36.4. The summed E-state index contributed by atoms with van der Waals surface area (Å²) in [5.41, 5.74) is 0. The first kappa shape index (κ1) is 24.4. The lowest BCUT2D eigenvalue weighted by Gasteiger charge is -2.24. The molecule has 0 bridgehead atoms. The number of aliphatic carboxylic acids is 4. The molecule has 27 heavy (non-hydrogen) atoms. The van der Waals surface area contributed by atoms with Crippen molar-refractivity contribution in [1.29, 1.82) is 0 Å². The van der Waals surface area contributed by atoms with Crippen LogP contribution < -0.4 is 0 Å². The minimum atomic E-state index is -2.06. The van der Waals surface area contributed by atoms with Crippen molar-refractivity contribution in [3.63, 3.8) is 0 Å². The third-order valence-electron chi connectivity index (χ3n) is 4.09. The molecule has 0 saturated carbocycles. The molecule has 0 fully saturated rings. The maximum atomic E-state index is 11.7. The van der Waals surface area contributed by atoms with Gasteiger partial charge in [0.2, 0.25) is 0 Å². The number of hydrogen-bond acceptors (Lipinski definition) is 6. The number of carbonyl (C=O) groups excluding carboxylic acids is 1. The average molecular weight is 390 g/mol. The molecule has 0 rings (SSSR count). The zero-order valence-corrected chi connectivity index (χ0v) is 15.1. The molecule has 154 valence electrons. The Bertz CT molecular complexity index is 542. The van der Waals surface area contributed by atoms with Crippen LogP contribution in [0.3, 0.4) is 0 Å². The molecule has 0 spiro atoms. The second kappa shape index (κ2) is 12.7. The Balaban J connectivity index is 5.00. The summed E-state index contributed by atoms with van der Waals surface area (Å²) in [5.74, 6) is -13.4. The molecule has 0 aromatic rings. The van der Waals surface area contributed by atoms with E-state index >= 15 is 0 Å². The van der Waals surface area contributed by atoms with E-state index in [1.165, 1.54) is 0 Å². The number of ether oxygens (including phenoxy) is 1. The number of rotatable bonds is 15. The highest BCUT2D eigenvalue weighted by Crippen LogP contribution is 2.26. The monoisotopic (exact) mass is 390 g/mol. The summed E-state index contributed by atoms with van der Waals surface area (Å²) in [6, 6.07) is 0. The summed E-state index contributed by atoms with van der Waals surface area (Å²) in [7, 11) is 0. The van der Waals surface area contributed by atoms with Crippen LogP contribution in [0.1, 0.15) is 51.9 Å². The van der Waals surface area contributed by atoms with E-state index in [0.29, 0.717) is 6.42 Å². The highest BCUT2D eigenvalue weighted by molar-refractivity contribution is 5.87. The number of carbonyl (C=O) groups is 5.